The number of allylic oxidation sites excluding steroid dienone is 2. The number of rotatable bonds is 8. The quantitative estimate of drug-likeness (QED) is 0.494. The Morgan fingerprint density at radius 1 is 1.06 bits per heavy atom. The Kier molecular flexibility index (Phi) is 10.1. The Balaban J connectivity index is 0.00000289. The fourth-order valence-electron chi connectivity index (χ4n) is 1.80. The molecule has 1 aromatic carbocycles. The van der Waals surface area contributed by atoms with Gasteiger partial charge >= 0.3 is 0 Å². The Hall–Kier alpha value is -1.28. The maximum Gasteiger partial charge on any atom is 0.126 e. The summed E-state index contributed by atoms with van der Waals surface area (Å²) >= 11 is 0. The summed E-state index contributed by atoms with van der Waals surface area (Å²) < 4.78 is 5.83. The van der Waals surface area contributed by atoms with Gasteiger partial charge in [-0.15, -0.1) is 0 Å². The van der Waals surface area contributed by atoms with E-state index in [0.717, 1.165) is 17.9 Å². The SMILES string of the molecule is CC=C(CCCCCCC)Oc1ccccc1.O. The topological polar surface area (TPSA) is 40.7 Å². The highest BCUT2D eigenvalue weighted by Crippen LogP contribution is 2.17. The lowest BCUT2D eigenvalue weighted by atomic mass is 10.1. The maximum absolute atomic E-state index is 5.83. The van der Waals surface area contributed by atoms with Crippen LogP contribution in [0.15, 0.2) is 42.2 Å². The van der Waals surface area contributed by atoms with Crippen LogP contribution in [0.1, 0.15) is 52.4 Å². The predicted octanol–water partition coefficient (Wildman–Crippen LogP) is 4.51. The van der Waals surface area contributed by atoms with Gasteiger partial charge in [-0.3, -0.25) is 0 Å². The standard InChI is InChI=1S/C16H24O.H2O/c1-3-5-6-7-9-12-15(4-2)17-16-13-10-8-11-14-16;/h4,8,10-11,13-14H,3,5-7,9,12H2,1-2H3;1H2. The third-order valence-electron chi connectivity index (χ3n) is 2.84. The van der Waals surface area contributed by atoms with Crippen LogP contribution in [0.4, 0.5) is 0 Å². The van der Waals surface area contributed by atoms with Crippen LogP contribution in [0.3, 0.4) is 0 Å². The van der Waals surface area contributed by atoms with Gasteiger partial charge in [-0.05, 0) is 31.6 Å². The van der Waals surface area contributed by atoms with Crippen molar-refractivity contribution < 1.29 is 10.2 Å². The van der Waals surface area contributed by atoms with Crippen LogP contribution in [-0.2, 0) is 0 Å². The van der Waals surface area contributed by atoms with E-state index >= 15 is 0 Å². The second kappa shape index (κ2) is 10.8. The van der Waals surface area contributed by atoms with Gasteiger partial charge in [0, 0.05) is 6.42 Å². The van der Waals surface area contributed by atoms with E-state index in [0.29, 0.717) is 0 Å². The number of benzene rings is 1. The third-order valence-corrected chi connectivity index (χ3v) is 2.84. The normalized spacial score (nSPS) is 10.9. The highest BCUT2D eigenvalue weighted by molar-refractivity contribution is 5.23. The fourth-order valence-corrected chi connectivity index (χ4v) is 1.80. The molecular formula is C16H26O2. The molecule has 0 heterocycles. The highest BCUT2D eigenvalue weighted by atomic mass is 16.5. The summed E-state index contributed by atoms with van der Waals surface area (Å²) in [6.45, 7) is 4.29. The lowest BCUT2D eigenvalue weighted by Crippen LogP contribution is -1.95. The molecule has 102 valence electrons. The molecule has 0 spiro atoms. The van der Waals surface area contributed by atoms with Gasteiger partial charge < -0.3 is 10.2 Å². The van der Waals surface area contributed by atoms with Gasteiger partial charge in [-0.25, -0.2) is 0 Å². The van der Waals surface area contributed by atoms with E-state index in [4.69, 9.17) is 4.74 Å². The van der Waals surface area contributed by atoms with E-state index in [2.05, 4.69) is 13.0 Å². The monoisotopic (exact) mass is 250 g/mol. The molecule has 0 saturated carbocycles. The summed E-state index contributed by atoms with van der Waals surface area (Å²) in [6, 6.07) is 10.0. The molecule has 0 amide bonds. The van der Waals surface area contributed by atoms with Gasteiger partial charge in [0.15, 0.2) is 0 Å². The Bertz CT molecular complexity index is 317. The zero-order valence-electron chi connectivity index (χ0n) is 11.6. The molecule has 0 atom stereocenters. The van der Waals surface area contributed by atoms with Crippen LogP contribution in [0, 0.1) is 0 Å². The number of unbranched alkanes of at least 4 members (excludes halogenated alkanes) is 4. The molecule has 0 saturated heterocycles. The van der Waals surface area contributed by atoms with Crippen molar-refractivity contribution >= 4 is 0 Å². The molecule has 0 aliphatic heterocycles. The second-order valence-electron chi connectivity index (χ2n) is 4.33. The molecule has 1 rings (SSSR count). The Morgan fingerprint density at radius 3 is 2.33 bits per heavy atom. The average Bonchev–Trinajstić information content (AvgIpc) is 2.38. The molecule has 2 N–H and O–H groups in total. The Labute approximate surface area is 111 Å². The molecule has 0 fully saturated rings. The summed E-state index contributed by atoms with van der Waals surface area (Å²) in [7, 11) is 0. The van der Waals surface area contributed by atoms with Gasteiger partial charge in [0.2, 0.25) is 0 Å². The van der Waals surface area contributed by atoms with Gasteiger partial charge in [-0.2, -0.15) is 0 Å². The van der Waals surface area contributed by atoms with Gasteiger partial charge in [-0.1, -0.05) is 50.8 Å². The molecule has 0 unspecified atom stereocenters. The van der Waals surface area contributed by atoms with Crippen molar-refractivity contribution in [2.24, 2.45) is 0 Å². The number of ether oxygens (including phenoxy) is 1. The van der Waals surface area contributed by atoms with Crippen molar-refractivity contribution in [2.75, 3.05) is 0 Å². The van der Waals surface area contributed by atoms with Crippen LogP contribution in [0.5, 0.6) is 5.75 Å². The zero-order valence-corrected chi connectivity index (χ0v) is 11.6. The van der Waals surface area contributed by atoms with E-state index in [1.165, 1.54) is 32.1 Å². The molecule has 0 bridgehead atoms. The average molecular weight is 250 g/mol. The molecule has 2 heteroatoms. The largest absolute Gasteiger partial charge is 0.462 e. The first-order chi connectivity index (χ1) is 8.36. The molecule has 18 heavy (non-hydrogen) atoms. The summed E-state index contributed by atoms with van der Waals surface area (Å²) in [5, 5.41) is 0. The first kappa shape index (κ1) is 16.7. The fraction of sp³-hybridized carbons (Fsp3) is 0.500. The van der Waals surface area contributed by atoms with Crippen LogP contribution in [0.2, 0.25) is 0 Å². The second-order valence-corrected chi connectivity index (χ2v) is 4.33. The highest BCUT2D eigenvalue weighted by Gasteiger charge is 1.99. The van der Waals surface area contributed by atoms with Crippen LogP contribution < -0.4 is 4.74 Å². The first-order valence-corrected chi connectivity index (χ1v) is 6.75. The minimum absolute atomic E-state index is 0. The van der Waals surface area contributed by atoms with Crippen LogP contribution in [-0.4, -0.2) is 5.48 Å². The summed E-state index contributed by atoms with van der Waals surface area (Å²) in [5.41, 5.74) is 0. The third kappa shape index (κ3) is 7.13. The summed E-state index contributed by atoms with van der Waals surface area (Å²) in [5.74, 6) is 2.03. The Morgan fingerprint density at radius 2 is 1.72 bits per heavy atom. The van der Waals surface area contributed by atoms with Crippen molar-refractivity contribution in [3.63, 3.8) is 0 Å². The summed E-state index contributed by atoms with van der Waals surface area (Å²) in [6.07, 6.45) is 9.66. The van der Waals surface area contributed by atoms with Gasteiger partial charge in [0.05, 0.1) is 5.76 Å². The molecule has 2 nitrogen and oxygen atoms in total. The minimum atomic E-state index is 0. The molecular weight excluding hydrogens is 224 g/mol. The van der Waals surface area contributed by atoms with Gasteiger partial charge in [0.1, 0.15) is 5.75 Å². The predicted molar refractivity (Wildman–Crippen MR) is 77.8 cm³/mol. The van der Waals surface area contributed by atoms with E-state index in [1.54, 1.807) is 0 Å². The van der Waals surface area contributed by atoms with Crippen molar-refractivity contribution in [3.8, 4) is 5.75 Å². The molecule has 0 aliphatic carbocycles. The molecule has 0 radical (unpaired) electrons. The van der Waals surface area contributed by atoms with Crippen molar-refractivity contribution in [3.05, 3.63) is 42.2 Å². The lowest BCUT2D eigenvalue weighted by Gasteiger charge is -2.09. The number of para-hydroxylation sites is 1. The molecule has 0 aromatic heterocycles. The van der Waals surface area contributed by atoms with E-state index in [9.17, 15) is 0 Å². The smallest absolute Gasteiger partial charge is 0.126 e. The van der Waals surface area contributed by atoms with Crippen LogP contribution in [0.25, 0.3) is 0 Å². The zero-order chi connectivity index (χ0) is 12.3. The minimum Gasteiger partial charge on any atom is -0.462 e. The summed E-state index contributed by atoms with van der Waals surface area (Å²) in [4.78, 5) is 0. The lowest BCUT2D eigenvalue weighted by molar-refractivity contribution is 0.394. The van der Waals surface area contributed by atoms with E-state index < -0.39 is 0 Å². The van der Waals surface area contributed by atoms with Crippen LogP contribution >= 0.6 is 0 Å². The van der Waals surface area contributed by atoms with Crippen molar-refractivity contribution in [1.29, 1.82) is 0 Å². The number of hydrogen-bond acceptors (Lipinski definition) is 1. The first-order valence-electron chi connectivity index (χ1n) is 6.75. The molecule has 1 aromatic rings. The number of hydrogen-bond donors (Lipinski definition) is 0. The van der Waals surface area contributed by atoms with E-state index in [-0.39, 0.29) is 5.48 Å². The van der Waals surface area contributed by atoms with E-state index in [1.807, 2.05) is 37.3 Å². The van der Waals surface area contributed by atoms with Crippen molar-refractivity contribution in [2.45, 2.75) is 52.4 Å². The molecule has 0 aliphatic rings. The van der Waals surface area contributed by atoms with Crippen molar-refractivity contribution in [1.82, 2.24) is 0 Å². The maximum atomic E-state index is 5.83. The van der Waals surface area contributed by atoms with Gasteiger partial charge in [0.25, 0.3) is 0 Å².